The van der Waals surface area contributed by atoms with E-state index in [2.05, 4.69) is 17.3 Å². The van der Waals surface area contributed by atoms with Gasteiger partial charge in [0.25, 0.3) is 0 Å². The van der Waals surface area contributed by atoms with E-state index in [1.807, 2.05) is 12.1 Å². The number of aromatic nitrogens is 1. The fraction of sp³-hybridized carbons (Fsp3) is 0.375. The molecule has 0 amide bonds. The zero-order chi connectivity index (χ0) is 14.4. The number of hydrogen-bond acceptors (Lipinski definition) is 3. The molecule has 0 radical (unpaired) electrons. The number of aryl methyl sites for hydroxylation is 1. The number of carboxylic acid groups (broad SMARTS) is 1. The van der Waals surface area contributed by atoms with Gasteiger partial charge in [0.1, 0.15) is 5.01 Å². The van der Waals surface area contributed by atoms with Gasteiger partial charge in [0.15, 0.2) is 0 Å². The predicted molar refractivity (Wildman–Crippen MR) is 82.4 cm³/mol. The number of hydrogen-bond donors (Lipinski definition) is 1. The molecule has 1 heterocycles. The molecule has 0 atom stereocenters. The summed E-state index contributed by atoms with van der Waals surface area (Å²) in [4.78, 5) is 15.4. The molecule has 0 unspecified atom stereocenters. The second-order valence-corrected chi connectivity index (χ2v) is 5.70. The van der Waals surface area contributed by atoms with Gasteiger partial charge in [0.2, 0.25) is 0 Å². The average molecular weight is 289 g/mol. The molecule has 4 heteroatoms. The van der Waals surface area contributed by atoms with Gasteiger partial charge in [-0.05, 0) is 25.0 Å². The monoisotopic (exact) mass is 289 g/mol. The summed E-state index contributed by atoms with van der Waals surface area (Å²) in [6.07, 6.45) is 6.02. The third kappa shape index (κ3) is 3.90. The minimum Gasteiger partial charge on any atom is -0.478 e. The molecular weight excluding hydrogens is 270 g/mol. The Morgan fingerprint density at radius 2 is 1.95 bits per heavy atom. The molecule has 20 heavy (non-hydrogen) atoms. The Balaban J connectivity index is 1.99. The molecule has 0 aliphatic rings. The van der Waals surface area contributed by atoms with Gasteiger partial charge < -0.3 is 5.11 Å². The molecule has 1 aromatic heterocycles. The lowest BCUT2D eigenvalue weighted by Gasteiger charge is -1.98. The van der Waals surface area contributed by atoms with Crippen molar-refractivity contribution < 1.29 is 9.90 Å². The largest absolute Gasteiger partial charge is 0.478 e. The summed E-state index contributed by atoms with van der Waals surface area (Å²) in [7, 11) is 0. The topological polar surface area (TPSA) is 50.2 Å². The number of thiazole rings is 1. The summed E-state index contributed by atoms with van der Waals surface area (Å²) >= 11 is 1.62. The van der Waals surface area contributed by atoms with Crippen molar-refractivity contribution in [3.63, 3.8) is 0 Å². The molecule has 0 aliphatic carbocycles. The fourth-order valence-corrected chi connectivity index (χ4v) is 2.90. The number of rotatable bonds is 7. The Kier molecular flexibility index (Phi) is 5.30. The van der Waals surface area contributed by atoms with E-state index in [1.54, 1.807) is 23.5 Å². The van der Waals surface area contributed by atoms with Gasteiger partial charge in [-0.15, -0.1) is 11.3 Å². The Hall–Kier alpha value is -1.68. The zero-order valence-corrected chi connectivity index (χ0v) is 12.4. The highest BCUT2D eigenvalue weighted by atomic mass is 32.1. The van der Waals surface area contributed by atoms with E-state index in [4.69, 9.17) is 5.11 Å². The van der Waals surface area contributed by atoms with Crippen LogP contribution >= 0.6 is 11.3 Å². The lowest BCUT2D eigenvalue weighted by molar-refractivity contribution is 0.0697. The number of carbonyl (C=O) groups is 1. The quantitative estimate of drug-likeness (QED) is 0.756. The van der Waals surface area contributed by atoms with Gasteiger partial charge in [-0.3, -0.25) is 0 Å². The van der Waals surface area contributed by atoms with Crippen molar-refractivity contribution >= 4 is 17.3 Å². The lowest BCUT2D eigenvalue weighted by Crippen LogP contribution is -1.94. The van der Waals surface area contributed by atoms with Crippen LogP contribution in [0.4, 0.5) is 0 Å². The molecule has 0 aliphatic heterocycles. The maximum Gasteiger partial charge on any atom is 0.335 e. The van der Waals surface area contributed by atoms with E-state index in [-0.39, 0.29) is 0 Å². The lowest BCUT2D eigenvalue weighted by atomic mass is 10.1. The molecule has 0 saturated carbocycles. The summed E-state index contributed by atoms with van der Waals surface area (Å²) < 4.78 is 0. The van der Waals surface area contributed by atoms with Crippen LogP contribution in [0.3, 0.4) is 0 Å². The Bertz CT molecular complexity index is 560. The molecule has 3 nitrogen and oxygen atoms in total. The Morgan fingerprint density at radius 1 is 1.20 bits per heavy atom. The number of benzene rings is 1. The van der Waals surface area contributed by atoms with E-state index in [0.717, 1.165) is 22.7 Å². The van der Waals surface area contributed by atoms with Gasteiger partial charge in [0.05, 0.1) is 11.3 Å². The highest BCUT2D eigenvalue weighted by molar-refractivity contribution is 7.13. The maximum absolute atomic E-state index is 10.8. The fourth-order valence-electron chi connectivity index (χ4n) is 2.04. The van der Waals surface area contributed by atoms with Gasteiger partial charge in [-0.2, -0.15) is 0 Å². The SMILES string of the molecule is CCCCCCc1csc(-c2ccc(C(=O)O)cc2)n1. The highest BCUT2D eigenvalue weighted by Gasteiger charge is 2.07. The summed E-state index contributed by atoms with van der Waals surface area (Å²) in [6, 6.07) is 6.90. The highest BCUT2D eigenvalue weighted by Crippen LogP contribution is 2.24. The van der Waals surface area contributed by atoms with Crippen LogP contribution in [0.5, 0.6) is 0 Å². The molecule has 0 fully saturated rings. The van der Waals surface area contributed by atoms with Gasteiger partial charge in [0, 0.05) is 10.9 Å². The number of aromatic carboxylic acids is 1. The Morgan fingerprint density at radius 3 is 2.60 bits per heavy atom. The van der Waals surface area contributed by atoms with E-state index in [0.29, 0.717) is 5.56 Å². The first-order valence-electron chi connectivity index (χ1n) is 6.99. The van der Waals surface area contributed by atoms with Crippen molar-refractivity contribution in [1.29, 1.82) is 0 Å². The van der Waals surface area contributed by atoms with Crippen molar-refractivity contribution in [2.75, 3.05) is 0 Å². The van der Waals surface area contributed by atoms with Gasteiger partial charge >= 0.3 is 5.97 Å². The van der Waals surface area contributed by atoms with E-state index in [9.17, 15) is 4.79 Å². The van der Waals surface area contributed by atoms with Crippen LogP contribution in [0, 0.1) is 0 Å². The molecule has 2 rings (SSSR count). The minimum absolute atomic E-state index is 0.310. The molecule has 106 valence electrons. The number of nitrogens with zero attached hydrogens (tertiary/aromatic N) is 1. The molecule has 2 aromatic rings. The molecule has 1 aromatic carbocycles. The molecular formula is C16H19NO2S. The van der Waals surface area contributed by atoms with Crippen molar-refractivity contribution in [2.24, 2.45) is 0 Å². The summed E-state index contributed by atoms with van der Waals surface area (Å²) in [5.74, 6) is -0.896. The standard InChI is InChI=1S/C16H19NO2S/c1-2-3-4-5-6-14-11-20-15(17-14)12-7-9-13(10-8-12)16(18)19/h7-11H,2-6H2,1H3,(H,18,19). The first-order valence-corrected chi connectivity index (χ1v) is 7.87. The van der Waals surface area contributed by atoms with Crippen LogP contribution in [0.25, 0.3) is 10.6 Å². The van der Waals surface area contributed by atoms with Crippen LogP contribution in [0.1, 0.15) is 48.7 Å². The molecule has 0 spiro atoms. The van der Waals surface area contributed by atoms with Gasteiger partial charge in [-0.1, -0.05) is 38.3 Å². The predicted octanol–water partition coefficient (Wildman–Crippen LogP) is 4.63. The normalized spacial score (nSPS) is 10.7. The Labute approximate surface area is 123 Å². The number of carboxylic acids is 1. The van der Waals surface area contributed by atoms with Crippen LogP contribution in [0.15, 0.2) is 29.6 Å². The van der Waals surface area contributed by atoms with E-state index in [1.165, 1.54) is 25.7 Å². The van der Waals surface area contributed by atoms with Crippen LogP contribution in [-0.2, 0) is 6.42 Å². The average Bonchev–Trinajstić information content (AvgIpc) is 2.92. The maximum atomic E-state index is 10.8. The molecule has 0 bridgehead atoms. The molecule has 1 N–H and O–H groups in total. The van der Waals surface area contributed by atoms with Crippen LogP contribution < -0.4 is 0 Å². The smallest absolute Gasteiger partial charge is 0.335 e. The summed E-state index contributed by atoms with van der Waals surface area (Å²) in [5, 5.41) is 11.9. The zero-order valence-electron chi connectivity index (χ0n) is 11.6. The summed E-state index contributed by atoms with van der Waals surface area (Å²) in [5.41, 5.74) is 2.44. The van der Waals surface area contributed by atoms with Crippen molar-refractivity contribution in [1.82, 2.24) is 4.98 Å². The van der Waals surface area contributed by atoms with Crippen molar-refractivity contribution in [2.45, 2.75) is 39.0 Å². The summed E-state index contributed by atoms with van der Waals surface area (Å²) in [6.45, 7) is 2.21. The third-order valence-electron chi connectivity index (χ3n) is 3.22. The first kappa shape index (κ1) is 14.7. The van der Waals surface area contributed by atoms with E-state index < -0.39 is 5.97 Å². The first-order chi connectivity index (χ1) is 9.70. The van der Waals surface area contributed by atoms with Crippen LogP contribution in [-0.4, -0.2) is 16.1 Å². The van der Waals surface area contributed by atoms with E-state index >= 15 is 0 Å². The molecule has 0 saturated heterocycles. The van der Waals surface area contributed by atoms with Gasteiger partial charge in [-0.25, -0.2) is 9.78 Å². The van der Waals surface area contributed by atoms with Crippen LogP contribution in [0.2, 0.25) is 0 Å². The number of unbranched alkanes of at least 4 members (excludes halogenated alkanes) is 3. The minimum atomic E-state index is -0.896. The second-order valence-electron chi connectivity index (χ2n) is 4.84. The van der Waals surface area contributed by atoms with Crippen molar-refractivity contribution in [3.8, 4) is 10.6 Å². The van der Waals surface area contributed by atoms with Crippen molar-refractivity contribution in [3.05, 3.63) is 40.9 Å². The third-order valence-corrected chi connectivity index (χ3v) is 4.16. The second kappa shape index (κ2) is 7.20.